The maximum Gasteiger partial charge on any atom is 0.235 e. The van der Waals surface area contributed by atoms with Crippen molar-refractivity contribution in [1.29, 1.82) is 0 Å². The minimum atomic E-state index is -4.18. The van der Waals surface area contributed by atoms with Gasteiger partial charge in [-0.15, -0.1) is 0 Å². The van der Waals surface area contributed by atoms with Crippen molar-refractivity contribution in [3.8, 4) is 0 Å². The first kappa shape index (κ1) is 15.2. The molecule has 2 aromatic rings. The highest BCUT2D eigenvalue weighted by molar-refractivity contribution is 7.92. The number of sulfone groups is 1. The van der Waals surface area contributed by atoms with E-state index in [-0.39, 0.29) is 6.54 Å². The Labute approximate surface area is 119 Å². The Morgan fingerprint density at radius 1 is 1.24 bits per heavy atom. The van der Waals surface area contributed by atoms with Gasteiger partial charge in [-0.25, -0.2) is 17.2 Å². The van der Waals surface area contributed by atoms with E-state index in [0.29, 0.717) is 11.8 Å². The topological polar surface area (TPSA) is 76.4 Å². The van der Waals surface area contributed by atoms with Crippen molar-refractivity contribution in [3.63, 3.8) is 0 Å². The lowest BCUT2D eigenvalue weighted by Gasteiger charge is -2.06. The van der Waals surface area contributed by atoms with Crippen LogP contribution in [0.4, 0.5) is 8.78 Å². The zero-order valence-electron chi connectivity index (χ0n) is 10.7. The Morgan fingerprint density at radius 2 is 2.00 bits per heavy atom. The average molecular weight is 315 g/mol. The van der Waals surface area contributed by atoms with Gasteiger partial charge in [-0.3, -0.25) is 4.79 Å². The zero-order chi connectivity index (χ0) is 15.5. The van der Waals surface area contributed by atoms with E-state index in [1.165, 1.54) is 6.26 Å². The van der Waals surface area contributed by atoms with Crippen LogP contribution in [0.15, 0.2) is 45.9 Å². The van der Waals surface area contributed by atoms with Crippen LogP contribution in [0.2, 0.25) is 0 Å². The van der Waals surface area contributed by atoms with Gasteiger partial charge in [-0.2, -0.15) is 0 Å². The maximum absolute atomic E-state index is 13.4. The highest BCUT2D eigenvalue weighted by Gasteiger charge is 2.23. The van der Waals surface area contributed by atoms with Crippen LogP contribution in [0.25, 0.3) is 0 Å². The number of hydrogen-bond donors (Lipinski definition) is 1. The second-order valence-electron chi connectivity index (χ2n) is 4.19. The molecule has 0 aliphatic heterocycles. The quantitative estimate of drug-likeness (QED) is 0.851. The maximum atomic E-state index is 13.4. The van der Waals surface area contributed by atoms with Gasteiger partial charge in [0.25, 0.3) is 0 Å². The number of halogens is 2. The predicted octanol–water partition coefficient (Wildman–Crippen LogP) is 1.65. The van der Waals surface area contributed by atoms with E-state index in [0.717, 1.165) is 12.1 Å². The van der Waals surface area contributed by atoms with Gasteiger partial charge in [-0.1, -0.05) is 0 Å². The Hall–Kier alpha value is -2.22. The second kappa shape index (κ2) is 6.04. The van der Waals surface area contributed by atoms with Crippen molar-refractivity contribution in [3.05, 3.63) is 54.0 Å². The SMILES string of the molecule is O=C(CS(=O)(=O)c1ccc(F)cc1F)NCc1ccco1. The highest BCUT2D eigenvalue weighted by atomic mass is 32.2. The van der Waals surface area contributed by atoms with Crippen molar-refractivity contribution in [1.82, 2.24) is 5.32 Å². The van der Waals surface area contributed by atoms with Gasteiger partial charge < -0.3 is 9.73 Å². The molecule has 0 unspecified atom stereocenters. The molecule has 21 heavy (non-hydrogen) atoms. The summed E-state index contributed by atoms with van der Waals surface area (Å²) in [4.78, 5) is 10.9. The summed E-state index contributed by atoms with van der Waals surface area (Å²) in [6, 6.07) is 5.28. The summed E-state index contributed by atoms with van der Waals surface area (Å²) in [5.74, 6) is -3.41. The number of hydrogen-bond acceptors (Lipinski definition) is 4. The number of furan rings is 1. The lowest BCUT2D eigenvalue weighted by atomic mass is 10.3. The Balaban J connectivity index is 2.04. The van der Waals surface area contributed by atoms with Gasteiger partial charge >= 0.3 is 0 Å². The third-order valence-electron chi connectivity index (χ3n) is 2.59. The smallest absolute Gasteiger partial charge is 0.235 e. The first-order chi connectivity index (χ1) is 9.88. The van der Waals surface area contributed by atoms with Gasteiger partial charge in [-0.05, 0) is 24.3 Å². The van der Waals surface area contributed by atoms with Crippen molar-refractivity contribution >= 4 is 15.7 Å². The van der Waals surface area contributed by atoms with Crippen LogP contribution in [0.1, 0.15) is 5.76 Å². The van der Waals surface area contributed by atoms with Crippen LogP contribution in [0.3, 0.4) is 0 Å². The minimum absolute atomic E-state index is 0.0211. The molecule has 0 atom stereocenters. The molecule has 0 fully saturated rings. The van der Waals surface area contributed by atoms with Gasteiger partial charge in [0.05, 0.1) is 12.8 Å². The summed E-state index contributed by atoms with van der Waals surface area (Å²) in [7, 11) is -4.18. The molecule has 2 rings (SSSR count). The zero-order valence-corrected chi connectivity index (χ0v) is 11.5. The van der Waals surface area contributed by atoms with Gasteiger partial charge in [0, 0.05) is 6.07 Å². The third kappa shape index (κ3) is 3.88. The molecule has 0 spiro atoms. The lowest BCUT2D eigenvalue weighted by Crippen LogP contribution is -2.30. The van der Waals surface area contributed by atoms with E-state index in [1.54, 1.807) is 12.1 Å². The fourth-order valence-corrected chi connectivity index (χ4v) is 2.86. The van der Waals surface area contributed by atoms with Gasteiger partial charge in [0.1, 0.15) is 28.0 Å². The first-order valence-corrected chi connectivity index (χ1v) is 7.50. The first-order valence-electron chi connectivity index (χ1n) is 5.85. The Morgan fingerprint density at radius 3 is 2.62 bits per heavy atom. The van der Waals surface area contributed by atoms with Gasteiger partial charge in [0.2, 0.25) is 5.91 Å². The molecule has 5 nitrogen and oxygen atoms in total. The largest absolute Gasteiger partial charge is 0.467 e. The molecule has 1 heterocycles. The van der Waals surface area contributed by atoms with Crippen molar-refractivity contribution < 1.29 is 26.4 Å². The molecular formula is C13H11F2NO4S. The van der Waals surface area contributed by atoms with E-state index in [1.807, 2.05) is 0 Å². The lowest BCUT2D eigenvalue weighted by molar-refractivity contribution is -0.118. The van der Waals surface area contributed by atoms with Crippen LogP contribution >= 0.6 is 0 Å². The fraction of sp³-hybridized carbons (Fsp3) is 0.154. The molecular weight excluding hydrogens is 304 g/mol. The molecule has 8 heteroatoms. The van der Waals surface area contributed by atoms with Crippen LogP contribution < -0.4 is 5.32 Å². The second-order valence-corrected chi connectivity index (χ2v) is 6.15. The molecule has 112 valence electrons. The van der Waals surface area contributed by atoms with Crippen molar-refractivity contribution in [2.75, 3.05) is 5.75 Å². The molecule has 0 aliphatic rings. The van der Waals surface area contributed by atoms with E-state index < -0.39 is 38.0 Å². The molecule has 1 amide bonds. The Bertz CT molecular complexity index is 742. The normalized spacial score (nSPS) is 11.3. The van der Waals surface area contributed by atoms with Crippen LogP contribution in [0, 0.1) is 11.6 Å². The van der Waals surface area contributed by atoms with Crippen molar-refractivity contribution in [2.24, 2.45) is 0 Å². The molecule has 0 saturated carbocycles. The summed E-state index contributed by atoms with van der Waals surface area (Å²) in [5.41, 5.74) is 0. The summed E-state index contributed by atoms with van der Waals surface area (Å²) in [6.07, 6.45) is 1.41. The third-order valence-corrected chi connectivity index (χ3v) is 4.23. The number of amides is 1. The summed E-state index contributed by atoms with van der Waals surface area (Å²) >= 11 is 0. The summed E-state index contributed by atoms with van der Waals surface area (Å²) < 4.78 is 54.9. The molecule has 0 bridgehead atoms. The van der Waals surface area contributed by atoms with Crippen LogP contribution in [-0.4, -0.2) is 20.1 Å². The number of nitrogens with one attached hydrogen (secondary N) is 1. The number of benzene rings is 1. The Kier molecular flexibility index (Phi) is 4.37. The summed E-state index contributed by atoms with van der Waals surface area (Å²) in [5, 5.41) is 2.33. The van der Waals surface area contributed by atoms with E-state index >= 15 is 0 Å². The van der Waals surface area contributed by atoms with E-state index in [2.05, 4.69) is 5.32 Å². The monoisotopic (exact) mass is 315 g/mol. The average Bonchev–Trinajstić information content (AvgIpc) is 2.88. The minimum Gasteiger partial charge on any atom is -0.467 e. The predicted molar refractivity (Wildman–Crippen MR) is 69.0 cm³/mol. The molecule has 0 radical (unpaired) electrons. The molecule has 0 aliphatic carbocycles. The fourth-order valence-electron chi connectivity index (χ4n) is 1.63. The number of carbonyl (C=O) groups excluding carboxylic acids is 1. The van der Waals surface area contributed by atoms with Crippen LogP contribution in [-0.2, 0) is 21.2 Å². The summed E-state index contributed by atoms with van der Waals surface area (Å²) in [6.45, 7) is 0.0211. The molecule has 1 aromatic heterocycles. The number of carbonyl (C=O) groups is 1. The molecule has 1 aromatic carbocycles. The van der Waals surface area contributed by atoms with Crippen LogP contribution in [0.5, 0.6) is 0 Å². The van der Waals surface area contributed by atoms with E-state index in [4.69, 9.17) is 4.42 Å². The van der Waals surface area contributed by atoms with Gasteiger partial charge in [0.15, 0.2) is 9.84 Å². The van der Waals surface area contributed by atoms with Crippen molar-refractivity contribution in [2.45, 2.75) is 11.4 Å². The molecule has 1 N–H and O–H groups in total. The van der Waals surface area contributed by atoms with E-state index in [9.17, 15) is 22.0 Å². The standard InChI is InChI=1S/C13H11F2NO4S/c14-9-3-4-12(11(15)6-9)21(18,19)8-13(17)16-7-10-2-1-5-20-10/h1-6H,7-8H2,(H,16,17). The number of rotatable bonds is 5. The molecule has 0 saturated heterocycles. The highest BCUT2D eigenvalue weighted by Crippen LogP contribution is 2.17.